The van der Waals surface area contributed by atoms with Gasteiger partial charge in [-0.2, -0.15) is 10.1 Å². The molecule has 15 nitrogen and oxygen atoms in total. The molecule has 33 heavy (non-hydrogen) atoms. The van der Waals surface area contributed by atoms with E-state index in [0.29, 0.717) is 0 Å². The first kappa shape index (κ1) is 28.5. The number of hydrogen-bond acceptors (Lipinski definition) is 12. The molecular weight excluding hydrogens is 481 g/mol. The van der Waals surface area contributed by atoms with Gasteiger partial charge in [0.15, 0.2) is 0 Å². The molecule has 4 rings (SSSR count). The van der Waals surface area contributed by atoms with Crippen LogP contribution in [0, 0.1) is 0 Å². The third-order valence-corrected chi connectivity index (χ3v) is 5.29. The van der Waals surface area contributed by atoms with Gasteiger partial charge < -0.3 is 4.55 Å². The second-order valence-corrected chi connectivity index (χ2v) is 7.85. The van der Waals surface area contributed by atoms with Crippen molar-refractivity contribution in [2.75, 3.05) is 0 Å². The van der Waals surface area contributed by atoms with Crippen LogP contribution in [0.25, 0.3) is 0 Å². The van der Waals surface area contributed by atoms with E-state index in [1.54, 1.807) is 12.1 Å². The molecule has 3 N–H and O–H groups in total. The Labute approximate surface area is 207 Å². The summed E-state index contributed by atoms with van der Waals surface area (Å²) in [6.45, 7) is 0. The summed E-state index contributed by atoms with van der Waals surface area (Å²) in [5.41, 5.74) is 0.509. The van der Waals surface area contributed by atoms with Crippen LogP contribution in [0.3, 0.4) is 0 Å². The number of imide groups is 3. The maximum absolute atomic E-state index is 11.1. The topological polar surface area (TPSA) is 230 Å². The molecule has 1 aromatic rings. The fourth-order valence-corrected chi connectivity index (χ4v) is 3.25. The van der Waals surface area contributed by atoms with Crippen molar-refractivity contribution in [2.45, 2.75) is 24.5 Å². The van der Waals surface area contributed by atoms with Crippen LogP contribution in [-0.2, 0) is 29.3 Å². The van der Waals surface area contributed by atoms with Crippen molar-refractivity contribution < 1.29 is 86.9 Å². The van der Waals surface area contributed by atoms with E-state index in [0.717, 1.165) is 0 Å². The Morgan fingerprint density at radius 3 is 1.42 bits per heavy atom. The molecule has 2 saturated heterocycles. The summed E-state index contributed by atoms with van der Waals surface area (Å²) in [5.74, 6) is -4.78. The van der Waals surface area contributed by atoms with Crippen molar-refractivity contribution >= 4 is 45.6 Å². The Bertz CT molecular complexity index is 1070. The predicted octanol–water partition coefficient (Wildman–Crippen LogP) is -4.75. The molecule has 0 bridgehead atoms. The molecule has 2 fully saturated rings. The van der Waals surface area contributed by atoms with Crippen molar-refractivity contribution in [3.05, 3.63) is 35.4 Å². The summed E-state index contributed by atoms with van der Waals surface area (Å²) in [4.78, 5) is 63.7. The van der Waals surface area contributed by atoms with Gasteiger partial charge in [0.2, 0.25) is 0 Å². The van der Waals surface area contributed by atoms with Crippen LogP contribution >= 0.6 is 0 Å². The molecule has 0 spiro atoms. The second-order valence-electron chi connectivity index (χ2n) is 6.30. The molecule has 3 heterocycles. The number of rotatable bonds is 1. The number of fused-ring (bicyclic) bond motifs is 1. The summed E-state index contributed by atoms with van der Waals surface area (Å²) in [6, 6.07) is 6.30. The molecule has 172 valence electrons. The van der Waals surface area contributed by atoms with Crippen LogP contribution in [0.4, 0.5) is 0 Å². The standard InChI is InChI=1S/C8H5NO3.C4H5NO6S.C4H5NO3.Na/c10-7-5-3-1-2-4-6(5)8(11)9(7)12;6-3-1-2(12(9,10)11)4(7)5(3)8;6-3-1-2-4(7)5(3)8;/h1-4,12H;2,8H,1H2,(H,9,10,11);8H,1-2H2;/q;;;+1/p-1. The van der Waals surface area contributed by atoms with E-state index in [-0.39, 0.29) is 68.7 Å². The monoisotopic (exact) mass is 495 g/mol. The Morgan fingerprint density at radius 1 is 0.758 bits per heavy atom. The van der Waals surface area contributed by atoms with Gasteiger partial charge in [-0.15, -0.1) is 5.06 Å². The summed E-state index contributed by atoms with van der Waals surface area (Å²) < 4.78 is 30.8. The molecule has 1 aromatic carbocycles. The summed E-state index contributed by atoms with van der Waals surface area (Å²) in [6.07, 6.45) is -0.480. The van der Waals surface area contributed by atoms with Gasteiger partial charge in [0, 0.05) is 12.8 Å². The number of carbonyl (C=O) groups is 6. The minimum atomic E-state index is -4.84. The molecule has 0 aromatic heterocycles. The van der Waals surface area contributed by atoms with Crippen molar-refractivity contribution in [3.63, 3.8) is 0 Å². The zero-order chi connectivity index (χ0) is 24.4. The first-order chi connectivity index (χ1) is 14.8. The smallest absolute Gasteiger partial charge is 0.747 e. The number of benzene rings is 1. The molecule has 0 aliphatic carbocycles. The van der Waals surface area contributed by atoms with Gasteiger partial charge in [0.1, 0.15) is 15.4 Å². The van der Waals surface area contributed by atoms with E-state index in [1.165, 1.54) is 12.1 Å². The molecule has 0 radical (unpaired) electrons. The summed E-state index contributed by atoms with van der Waals surface area (Å²) in [7, 11) is -4.84. The molecular formula is C16H14N3NaO12S. The second kappa shape index (κ2) is 11.0. The largest absolute Gasteiger partial charge is 1.00 e. The number of amides is 6. The third kappa shape index (κ3) is 6.27. The van der Waals surface area contributed by atoms with Crippen molar-refractivity contribution in [3.8, 4) is 0 Å². The van der Waals surface area contributed by atoms with Crippen LogP contribution < -0.4 is 29.6 Å². The van der Waals surface area contributed by atoms with Gasteiger partial charge in [-0.3, -0.25) is 44.4 Å². The Kier molecular flexibility index (Phi) is 9.52. The van der Waals surface area contributed by atoms with E-state index in [9.17, 15) is 41.7 Å². The van der Waals surface area contributed by atoms with Crippen LogP contribution in [0.1, 0.15) is 40.0 Å². The molecule has 3 aliphatic heterocycles. The molecule has 6 amide bonds. The summed E-state index contributed by atoms with van der Waals surface area (Å²) >= 11 is 0. The van der Waals surface area contributed by atoms with Crippen LogP contribution in [0.2, 0.25) is 0 Å². The maximum atomic E-state index is 11.1. The minimum Gasteiger partial charge on any atom is -0.747 e. The maximum Gasteiger partial charge on any atom is 1.00 e. The minimum absolute atomic E-state index is 0. The van der Waals surface area contributed by atoms with Crippen LogP contribution in [-0.4, -0.2) is 84.5 Å². The third-order valence-electron chi connectivity index (χ3n) is 4.23. The molecule has 1 unspecified atom stereocenters. The van der Waals surface area contributed by atoms with E-state index in [4.69, 9.17) is 15.6 Å². The first-order valence-electron chi connectivity index (χ1n) is 8.49. The van der Waals surface area contributed by atoms with Gasteiger partial charge >= 0.3 is 29.6 Å². The van der Waals surface area contributed by atoms with Gasteiger partial charge in [-0.25, -0.2) is 8.42 Å². The number of nitrogens with zero attached hydrogens (tertiary/aromatic N) is 3. The Hall–Kier alpha value is -2.57. The molecule has 0 saturated carbocycles. The summed E-state index contributed by atoms with van der Waals surface area (Å²) in [5, 5.41) is 23.8. The predicted molar refractivity (Wildman–Crippen MR) is 93.3 cm³/mol. The SMILES string of the molecule is O=C1CC(S(=O)(=O)[O-])C(=O)N1O.O=C1CCC(=O)N1O.O=C1c2ccccc2C(=O)N1O.[Na+]. The van der Waals surface area contributed by atoms with Crippen molar-refractivity contribution in [1.82, 2.24) is 15.2 Å². The quantitative estimate of drug-likeness (QED) is 0.144. The Morgan fingerprint density at radius 2 is 1.18 bits per heavy atom. The molecule has 1 atom stereocenters. The number of hydroxylamine groups is 6. The van der Waals surface area contributed by atoms with E-state index >= 15 is 0 Å². The van der Waals surface area contributed by atoms with Crippen molar-refractivity contribution in [2.24, 2.45) is 0 Å². The van der Waals surface area contributed by atoms with Gasteiger partial charge in [0.25, 0.3) is 35.4 Å². The Balaban J connectivity index is 0.000000249. The van der Waals surface area contributed by atoms with E-state index in [1.807, 2.05) is 0 Å². The zero-order valence-corrected chi connectivity index (χ0v) is 19.6. The van der Waals surface area contributed by atoms with Gasteiger partial charge in [-0.1, -0.05) is 12.1 Å². The van der Waals surface area contributed by atoms with Gasteiger partial charge in [0.05, 0.1) is 17.5 Å². The van der Waals surface area contributed by atoms with Gasteiger partial charge in [-0.05, 0) is 12.1 Å². The van der Waals surface area contributed by atoms with E-state index < -0.39 is 57.2 Å². The molecule has 17 heteroatoms. The van der Waals surface area contributed by atoms with E-state index in [2.05, 4.69) is 0 Å². The number of carbonyl (C=O) groups excluding carboxylic acids is 6. The first-order valence-corrected chi connectivity index (χ1v) is 9.96. The zero-order valence-electron chi connectivity index (χ0n) is 16.8. The fraction of sp³-hybridized carbons (Fsp3) is 0.250. The normalized spacial score (nSPS) is 19.6. The van der Waals surface area contributed by atoms with Crippen LogP contribution in [0.5, 0.6) is 0 Å². The fourth-order valence-electron chi connectivity index (χ4n) is 2.56. The molecule has 3 aliphatic rings. The average Bonchev–Trinajstić information content (AvgIpc) is 3.27. The average molecular weight is 495 g/mol. The number of hydrogen-bond donors (Lipinski definition) is 3. The van der Waals surface area contributed by atoms with Crippen LogP contribution in [0.15, 0.2) is 24.3 Å². The van der Waals surface area contributed by atoms with Crippen molar-refractivity contribution in [1.29, 1.82) is 0 Å².